The summed E-state index contributed by atoms with van der Waals surface area (Å²) in [4.78, 5) is 40.7. The molecule has 0 aliphatic carbocycles. The highest BCUT2D eigenvalue weighted by molar-refractivity contribution is 8.16. The first-order chi connectivity index (χ1) is 12.0. The van der Waals surface area contributed by atoms with Crippen molar-refractivity contribution >= 4 is 40.4 Å². The van der Waals surface area contributed by atoms with E-state index in [1.165, 1.54) is 23.9 Å². The van der Waals surface area contributed by atoms with Crippen LogP contribution in [0.25, 0.3) is 0 Å². The second kappa shape index (κ2) is 7.39. The van der Waals surface area contributed by atoms with Crippen molar-refractivity contribution in [2.45, 2.75) is 6.42 Å². The lowest BCUT2D eigenvalue weighted by Gasteiger charge is -2.16. The summed E-state index contributed by atoms with van der Waals surface area (Å²) in [6.07, 6.45) is 0.257. The number of carbonyl (C=O) groups excluding carboxylic acids is 2. The molecule has 0 bridgehead atoms. The number of amides is 2. The van der Waals surface area contributed by atoms with Crippen LogP contribution in [0.15, 0.2) is 40.4 Å². The van der Waals surface area contributed by atoms with Gasteiger partial charge in [-0.25, -0.2) is 0 Å². The number of thioether (sulfide) groups is 1. The number of aliphatic imine (C=N–C) groups is 1. The fourth-order valence-corrected chi connectivity index (χ4v) is 3.40. The molecule has 0 radical (unpaired) electrons. The second-order valence-electron chi connectivity index (χ2n) is 5.42. The minimum absolute atomic E-state index is 0.150. The molecule has 130 valence electrons. The molecule has 0 saturated carbocycles. The highest BCUT2D eigenvalue weighted by Gasteiger charge is 2.27. The largest absolute Gasteiger partial charge is 0.480 e. The zero-order valence-electron chi connectivity index (χ0n) is 13.2. The molecule has 0 aromatic heterocycles. The minimum atomic E-state index is -1.11. The normalized spacial score (nSPS) is 15.3. The van der Waals surface area contributed by atoms with Crippen LogP contribution in [0, 0.1) is 0 Å². The zero-order chi connectivity index (χ0) is 17.8. The van der Waals surface area contributed by atoms with Crippen molar-refractivity contribution in [1.29, 1.82) is 0 Å². The zero-order valence-corrected chi connectivity index (χ0v) is 14.0. The number of fused-ring (bicyclic) bond motifs is 1. The summed E-state index contributed by atoms with van der Waals surface area (Å²) in [5.74, 6) is -1.74. The van der Waals surface area contributed by atoms with E-state index in [0.717, 1.165) is 24.0 Å². The molecule has 0 unspecified atom stereocenters. The first kappa shape index (κ1) is 17.0. The predicted octanol–water partition coefficient (Wildman–Crippen LogP) is 1.09. The van der Waals surface area contributed by atoms with Crippen LogP contribution in [-0.2, 0) is 9.59 Å². The number of carboxylic acids is 1. The van der Waals surface area contributed by atoms with Crippen molar-refractivity contribution in [1.82, 2.24) is 10.2 Å². The third kappa shape index (κ3) is 4.18. The summed E-state index contributed by atoms with van der Waals surface area (Å²) in [5.41, 5.74) is 1.83. The molecular weight excluding hydrogens is 344 g/mol. The monoisotopic (exact) mass is 360 g/mol. The van der Waals surface area contributed by atoms with E-state index >= 15 is 0 Å². The first-order valence-electron chi connectivity index (χ1n) is 7.60. The van der Waals surface area contributed by atoms with Gasteiger partial charge in [0, 0.05) is 23.5 Å². The molecule has 2 amide bonds. The number of anilines is 1. The first-order valence-corrected chi connectivity index (χ1v) is 8.48. The highest BCUT2D eigenvalue weighted by Crippen LogP contribution is 2.30. The highest BCUT2D eigenvalue weighted by atomic mass is 32.2. The smallest absolute Gasteiger partial charge is 0.322 e. The maximum Gasteiger partial charge on any atom is 0.322 e. The average molecular weight is 360 g/mol. The molecule has 25 heavy (non-hydrogen) atoms. The third-order valence-corrected chi connectivity index (χ3v) is 4.57. The molecule has 3 rings (SSSR count). The topological polar surface area (TPSA) is 111 Å². The van der Waals surface area contributed by atoms with Crippen molar-refractivity contribution < 1.29 is 19.5 Å². The van der Waals surface area contributed by atoms with E-state index in [-0.39, 0.29) is 12.3 Å². The van der Waals surface area contributed by atoms with E-state index in [2.05, 4.69) is 15.6 Å². The predicted molar refractivity (Wildman–Crippen MR) is 94.3 cm³/mol. The number of hydrogen-bond donors (Lipinski definition) is 3. The van der Waals surface area contributed by atoms with Gasteiger partial charge in [0.05, 0.1) is 13.0 Å². The number of nitrogens with zero attached hydrogens (tertiary/aromatic N) is 2. The van der Waals surface area contributed by atoms with Gasteiger partial charge in [-0.2, -0.15) is 0 Å². The molecule has 0 saturated heterocycles. The van der Waals surface area contributed by atoms with Gasteiger partial charge in [-0.05, 0) is 29.7 Å². The molecule has 2 aliphatic rings. The van der Waals surface area contributed by atoms with Crippen molar-refractivity contribution in [3.05, 3.63) is 40.9 Å². The molecule has 3 N–H and O–H groups in total. The minimum Gasteiger partial charge on any atom is -0.480 e. The second-order valence-corrected chi connectivity index (χ2v) is 6.26. The van der Waals surface area contributed by atoms with Crippen LogP contribution >= 0.6 is 11.8 Å². The van der Waals surface area contributed by atoms with E-state index in [1.807, 2.05) is 10.3 Å². The summed E-state index contributed by atoms with van der Waals surface area (Å²) in [7, 11) is 0. The van der Waals surface area contributed by atoms with Gasteiger partial charge in [0.25, 0.3) is 5.91 Å². The third-order valence-electron chi connectivity index (χ3n) is 3.62. The van der Waals surface area contributed by atoms with E-state index in [9.17, 15) is 14.4 Å². The van der Waals surface area contributed by atoms with Crippen LogP contribution in [0.3, 0.4) is 0 Å². The van der Waals surface area contributed by atoms with Crippen LogP contribution in [0.2, 0.25) is 0 Å². The SMILES string of the molecule is O=C(O)CNC(=O)c1ccc(NC(=O)CC2=CSC3=NCCN23)cc1. The number of hydrogen-bond acceptors (Lipinski definition) is 6. The Morgan fingerprint density at radius 3 is 2.72 bits per heavy atom. The summed E-state index contributed by atoms with van der Waals surface area (Å²) in [6.45, 7) is 1.13. The molecule has 2 heterocycles. The van der Waals surface area contributed by atoms with Gasteiger partial charge in [-0.3, -0.25) is 19.4 Å². The Kier molecular flexibility index (Phi) is 5.03. The fraction of sp³-hybridized carbons (Fsp3) is 0.250. The lowest BCUT2D eigenvalue weighted by Crippen LogP contribution is -2.29. The molecule has 0 spiro atoms. The maximum atomic E-state index is 12.2. The van der Waals surface area contributed by atoms with Gasteiger partial charge >= 0.3 is 5.97 Å². The Balaban J connectivity index is 1.53. The van der Waals surface area contributed by atoms with Gasteiger partial charge < -0.3 is 20.6 Å². The van der Waals surface area contributed by atoms with Gasteiger partial charge in [0.1, 0.15) is 6.54 Å². The van der Waals surface area contributed by atoms with Crippen LogP contribution in [0.1, 0.15) is 16.8 Å². The Morgan fingerprint density at radius 2 is 2.00 bits per heavy atom. The standard InChI is InChI=1S/C16H16N4O4S/c21-13(7-12-9-25-16-17-5-6-20(12)16)19-11-3-1-10(2-4-11)15(24)18-8-14(22)23/h1-4,9H,5-8H2,(H,18,24)(H,19,21)(H,22,23). The van der Waals surface area contributed by atoms with Crippen molar-refractivity contribution in [2.75, 3.05) is 25.0 Å². The molecule has 0 fully saturated rings. The van der Waals surface area contributed by atoms with Crippen LogP contribution in [-0.4, -0.2) is 52.6 Å². The average Bonchev–Trinajstić information content (AvgIpc) is 3.18. The Morgan fingerprint density at radius 1 is 1.24 bits per heavy atom. The molecule has 1 aromatic carbocycles. The maximum absolute atomic E-state index is 12.2. The number of carboxylic acid groups (broad SMARTS) is 1. The number of carbonyl (C=O) groups is 3. The van der Waals surface area contributed by atoms with E-state index < -0.39 is 18.4 Å². The summed E-state index contributed by atoms with van der Waals surface area (Å²) < 4.78 is 0. The summed E-state index contributed by atoms with van der Waals surface area (Å²) >= 11 is 1.53. The van der Waals surface area contributed by atoms with E-state index in [0.29, 0.717) is 11.3 Å². The Bertz CT molecular complexity index is 773. The molecule has 1 aromatic rings. The van der Waals surface area contributed by atoms with Crippen molar-refractivity contribution in [3.8, 4) is 0 Å². The Labute approximate surface area is 148 Å². The van der Waals surface area contributed by atoms with Crippen molar-refractivity contribution in [3.63, 3.8) is 0 Å². The lowest BCUT2D eigenvalue weighted by atomic mass is 10.2. The van der Waals surface area contributed by atoms with Gasteiger partial charge in [0.15, 0.2) is 5.17 Å². The van der Waals surface area contributed by atoms with Gasteiger partial charge in [0.2, 0.25) is 5.91 Å². The lowest BCUT2D eigenvalue weighted by molar-refractivity contribution is -0.135. The molecule has 2 aliphatic heterocycles. The van der Waals surface area contributed by atoms with Crippen LogP contribution in [0.5, 0.6) is 0 Å². The molecule has 8 nitrogen and oxygen atoms in total. The number of nitrogens with one attached hydrogen (secondary N) is 2. The van der Waals surface area contributed by atoms with Crippen molar-refractivity contribution in [2.24, 2.45) is 4.99 Å². The number of benzene rings is 1. The Hall–Kier alpha value is -2.81. The molecule has 9 heteroatoms. The van der Waals surface area contributed by atoms with Crippen LogP contribution in [0.4, 0.5) is 5.69 Å². The van der Waals surface area contributed by atoms with E-state index in [1.54, 1.807) is 12.1 Å². The molecule has 0 atom stereocenters. The number of rotatable bonds is 6. The van der Waals surface area contributed by atoms with Gasteiger partial charge in [-0.15, -0.1) is 0 Å². The van der Waals surface area contributed by atoms with Gasteiger partial charge in [-0.1, -0.05) is 11.8 Å². The summed E-state index contributed by atoms with van der Waals surface area (Å²) in [5, 5.41) is 16.5. The molecular formula is C16H16N4O4S. The van der Waals surface area contributed by atoms with Crippen LogP contribution < -0.4 is 10.6 Å². The van der Waals surface area contributed by atoms with E-state index in [4.69, 9.17) is 5.11 Å². The summed E-state index contributed by atoms with van der Waals surface area (Å²) in [6, 6.07) is 6.27. The number of aliphatic carboxylic acids is 1. The fourth-order valence-electron chi connectivity index (χ4n) is 2.45. The number of amidine groups is 1. The quantitative estimate of drug-likeness (QED) is 0.700.